The zero-order valence-corrected chi connectivity index (χ0v) is 24.2. The van der Waals surface area contributed by atoms with E-state index in [0.717, 1.165) is 12.8 Å². The minimum atomic E-state index is -0.417. The van der Waals surface area contributed by atoms with E-state index in [0.29, 0.717) is 4.09 Å². The number of carbonyl (C=O) groups excluding carboxylic acids is 1. The molecule has 0 fully saturated rings. The second-order valence-corrected chi connectivity index (χ2v) is 10.1. The first-order valence-electron chi connectivity index (χ1n) is 13.2. The molecule has 0 aliphatic carbocycles. The van der Waals surface area contributed by atoms with Crippen LogP contribution in [0.1, 0.15) is 151 Å². The van der Waals surface area contributed by atoms with Gasteiger partial charge in [0.25, 0.3) is 0 Å². The number of hydrogen-bond donors (Lipinski definition) is 0. The van der Waals surface area contributed by atoms with E-state index in [1.54, 1.807) is 62.0 Å². The molecule has 0 amide bonds. The van der Waals surface area contributed by atoms with E-state index in [4.69, 9.17) is 0 Å². The molecule has 0 saturated carbocycles. The third kappa shape index (κ3) is 87.0. The molecule has 0 atom stereocenters. The molecular weight excluding hydrogens is 436 g/mol. The number of carbonyl (C=O) groups is 1. The monoisotopic (exact) mass is 492 g/mol. The molecular formula is C27H56O4Ti. The van der Waals surface area contributed by atoms with Crippen LogP contribution < -0.4 is 15.3 Å². The molecule has 0 radical (unpaired) electrons. The van der Waals surface area contributed by atoms with Gasteiger partial charge in [-0.15, -0.1) is 18.3 Å². The van der Waals surface area contributed by atoms with Crippen LogP contribution in [0.2, 0.25) is 0 Å². The van der Waals surface area contributed by atoms with Crippen molar-refractivity contribution in [2.24, 2.45) is 0 Å². The summed E-state index contributed by atoms with van der Waals surface area (Å²) in [4.78, 5) is 10.8. The fraction of sp³-hybridized carbons (Fsp3) is 0.963. The van der Waals surface area contributed by atoms with Crippen molar-refractivity contribution in [2.75, 3.05) is 0 Å². The number of unbranched alkanes of at least 4 members (excludes halogenated alkanes) is 14. The zero-order chi connectivity index (χ0) is 25.6. The third-order valence-corrected chi connectivity index (χ3v) is 4.40. The molecule has 0 aromatic rings. The summed E-state index contributed by atoms with van der Waals surface area (Å²) in [6.07, 6.45) is 20.3. The van der Waals surface area contributed by atoms with Gasteiger partial charge >= 0.3 is 99.9 Å². The molecule has 32 heavy (non-hydrogen) atoms. The topological polar surface area (TPSA) is 86.2 Å². The van der Waals surface area contributed by atoms with Crippen molar-refractivity contribution in [2.45, 2.75) is 170 Å². The summed E-state index contributed by atoms with van der Waals surface area (Å²) in [7, 11) is 0. The van der Waals surface area contributed by atoms with Crippen molar-refractivity contribution in [3.8, 4) is 0 Å². The van der Waals surface area contributed by atoms with Crippen LogP contribution in [0.4, 0.5) is 0 Å². The van der Waals surface area contributed by atoms with Gasteiger partial charge in [-0.05, 0) is 0 Å². The van der Waals surface area contributed by atoms with Crippen molar-refractivity contribution < 1.29 is 40.5 Å². The predicted octanol–water partition coefficient (Wildman–Crippen LogP) is 5.59. The van der Waals surface area contributed by atoms with Crippen LogP contribution in [-0.2, 0) is 25.2 Å². The predicted molar refractivity (Wildman–Crippen MR) is 130 cm³/mol. The Morgan fingerprint density at radius 2 is 0.719 bits per heavy atom. The summed E-state index contributed by atoms with van der Waals surface area (Å²) >= 11 is 1.70. The summed E-state index contributed by atoms with van der Waals surface area (Å²) in [6.45, 7) is 11.9. The van der Waals surface area contributed by atoms with Gasteiger partial charge in [0.05, 0.1) is 0 Å². The molecule has 0 aliphatic heterocycles. The first-order chi connectivity index (χ1) is 15.0. The van der Waals surface area contributed by atoms with Crippen molar-refractivity contribution in [1.82, 2.24) is 0 Å². The van der Waals surface area contributed by atoms with Crippen LogP contribution >= 0.6 is 0 Å². The fourth-order valence-corrected chi connectivity index (χ4v) is 2.93. The maximum atomic E-state index is 10.8. The van der Waals surface area contributed by atoms with Gasteiger partial charge in [0.2, 0.25) is 0 Å². The average molecular weight is 493 g/mol. The van der Waals surface area contributed by atoms with Crippen LogP contribution in [0.25, 0.3) is 0 Å². The van der Waals surface area contributed by atoms with Crippen LogP contribution in [0.3, 0.4) is 0 Å². The second kappa shape index (κ2) is 35.8. The molecule has 0 saturated heterocycles. The standard InChI is InChI=1S/C18H35O.3C3H7O.Ti/c1-2-3-4-5-6-7-8-9-10-11-12-13-14-15-16-17-18-19;3*1-3(2)4;/h2-17H2,1H3;3*3H,1-2H3;/q;3*-1;+3. The van der Waals surface area contributed by atoms with Gasteiger partial charge in [-0.25, -0.2) is 0 Å². The Balaban J connectivity index is -0.000000267. The molecule has 0 aromatic heterocycles. The Morgan fingerprint density at radius 1 is 0.531 bits per heavy atom. The van der Waals surface area contributed by atoms with Gasteiger partial charge in [0, 0.05) is 0 Å². The first kappa shape index (κ1) is 39.5. The van der Waals surface area contributed by atoms with Crippen molar-refractivity contribution in [1.29, 1.82) is 0 Å². The Morgan fingerprint density at radius 3 is 0.906 bits per heavy atom. The first-order valence-corrected chi connectivity index (χ1v) is 14.0. The van der Waals surface area contributed by atoms with E-state index >= 15 is 0 Å². The van der Waals surface area contributed by atoms with Gasteiger partial charge in [0.15, 0.2) is 0 Å². The van der Waals surface area contributed by atoms with Crippen LogP contribution in [0.15, 0.2) is 0 Å². The van der Waals surface area contributed by atoms with E-state index in [1.165, 1.54) is 89.9 Å². The molecule has 0 heterocycles. The van der Waals surface area contributed by atoms with E-state index in [1.807, 2.05) is 0 Å². The summed E-state index contributed by atoms with van der Waals surface area (Å²) in [5.41, 5.74) is 0. The Bertz CT molecular complexity index is 298. The van der Waals surface area contributed by atoms with Gasteiger partial charge in [-0.3, -0.25) is 0 Å². The molecule has 192 valence electrons. The van der Waals surface area contributed by atoms with E-state index < -0.39 is 18.3 Å². The normalized spacial score (nSPS) is 10.2. The quantitative estimate of drug-likeness (QED) is 0.208. The summed E-state index contributed by atoms with van der Waals surface area (Å²) in [5.74, 6) is 0. The van der Waals surface area contributed by atoms with Crippen LogP contribution in [-0.4, -0.2) is 22.4 Å². The molecule has 5 heteroatoms. The minimum absolute atomic E-state index is 0.347. The van der Waals surface area contributed by atoms with Gasteiger partial charge in [-0.2, -0.15) is 0 Å². The molecule has 0 aliphatic rings. The molecule has 0 N–H and O–H groups in total. The van der Waals surface area contributed by atoms with Crippen molar-refractivity contribution in [3.05, 3.63) is 0 Å². The summed E-state index contributed by atoms with van der Waals surface area (Å²) in [6, 6.07) is 0. The number of hydrogen-bond acceptors (Lipinski definition) is 4. The molecule has 0 unspecified atom stereocenters. The van der Waals surface area contributed by atoms with E-state index in [9.17, 15) is 20.1 Å². The second-order valence-electron chi connectivity index (χ2n) is 9.27. The van der Waals surface area contributed by atoms with Crippen LogP contribution in [0.5, 0.6) is 0 Å². The Kier molecular flexibility index (Phi) is 44.2. The molecule has 0 aromatic carbocycles. The molecule has 0 bridgehead atoms. The molecule has 4 nitrogen and oxygen atoms in total. The van der Waals surface area contributed by atoms with Crippen molar-refractivity contribution >= 4 is 4.09 Å². The molecule has 0 spiro atoms. The van der Waals surface area contributed by atoms with Crippen molar-refractivity contribution in [3.63, 3.8) is 0 Å². The van der Waals surface area contributed by atoms with Crippen LogP contribution in [0, 0.1) is 0 Å². The SMILES string of the molecule is CC(C)[O-].CC(C)[O-].CC(C)[O-].CCCCCCCCCCCCCCCCC[C](=O)[Ti+3]. The Hall–Kier alpha value is 0.264. The Labute approximate surface area is 213 Å². The molecule has 0 rings (SSSR count). The van der Waals surface area contributed by atoms with Gasteiger partial charge in [0.1, 0.15) is 0 Å². The van der Waals surface area contributed by atoms with E-state index in [2.05, 4.69) is 6.92 Å². The zero-order valence-electron chi connectivity index (χ0n) is 22.7. The van der Waals surface area contributed by atoms with Gasteiger partial charge < -0.3 is 15.3 Å². The fourth-order valence-electron chi connectivity index (χ4n) is 2.66. The maximum absolute atomic E-state index is 10.8. The average Bonchev–Trinajstić information content (AvgIpc) is 2.63. The van der Waals surface area contributed by atoms with E-state index in [-0.39, 0.29) is 0 Å². The third-order valence-electron chi connectivity index (χ3n) is 4.01. The van der Waals surface area contributed by atoms with Gasteiger partial charge in [-0.1, -0.05) is 80.6 Å². The summed E-state index contributed by atoms with van der Waals surface area (Å²) < 4.78 is 0.347. The summed E-state index contributed by atoms with van der Waals surface area (Å²) in [5, 5.41) is 28.6. The number of rotatable bonds is 16.